The monoisotopic (exact) mass is 176 g/mol. The van der Waals surface area contributed by atoms with E-state index >= 15 is 0 Å². The molecule has 7 heavy (non-hydrogen) atoms. The van der Waals surface area contributed by atoms with Crippen LogP contribution >= 0.6 is 0 Å². The van der Waals surface area contributed by atoms with Crippen LogP contribution in [0.2, 0.25) is 0 Å². The summed E-state index contributed by atoms with van der Waals surface area (Å²) < 4.78 is 0. The molecule has 0 rings (SSSR count). The van der Waals surface area contributed by atoms with Gasteiger partial charge in [-0.3, -0.25) is 0 Å². The summed E-state index contributed by atoms with van der Waals surface area (Å²) in [5, 5.41) is 0. The molecule has 0 radical (unpaired) electrons. The van der Waals surface area contributed by atoms with Crippen molar-refractivity contribution in [2.75, 3.05) is 0 Å². The minimum Gasteiger partial charge on any atom is -1.00 e. The average molecular weight is 177 g/mol. The van der Waals surface area contributed by atoms with Gasteiger partial charge in [0.15, 0.2) is 0 Å². The summed E-state index contributed by atoms with van der Waals surface area (Å²) in [6.45, 7) is 10.0. The second kappa shape index (κ2) is 173. The van der Waals surface area contributed by atoms with Gasteiger partial charge in [-0.25, -0.2) is 0 Å². The van der Waals surface area contributed by atoms with Gasteiger partial charge in [0.1, 0.15) is 0 Å². The Balaban J connectivity index is -0.00000000267. The zero-order valence-electron chi connectivity index (χ0n) is 4.67. The molecule has 0 aromatic rings. The van der Waals surface area contributed by atoms with E-state index in [2.05, 4.69) is 13.8 Å². The summed E-state index contributed by atoms with van der Waals surface area (Å²) in [7, 11) is 0. The molecular weight excluding hydrogens is 167 g/mol. The molecule has 0 atom stereocenters. The van der Waals surface area contributed by atoms with E-state index in [-0.39, 0.29) is 46.5 Å². The maximum absolute atomic E-state index is 3.25. The normalized spacial score (nSPS) is 1.71. The molecule has 0 spiro atoms. The first-order valence-corrected chi connectivity index (χ1v) is 1.41. The third kappa shape index (κ3) is 122. The van der Waals surface area contributed by atoms with Gasteiger partial charge >= 0.3 is 21.7 Å². The average Bonchev–Trinajstić information content (AvgIpc) is 1.50. The van der Waals surface area contributed by atoms with E-state index in [4.69, 9.17) is 0 Å². The van der Waals surface area contributed by atoms with Gasteiger partial charge in [-0.1, -0.05) is 0 Å². The van der Waals surface area contributed by atoms with E-state index in [1.165, 1.54) is 0 Å². The van der Waals surface area contributed by atoms with Crippen molar-refractivity contribution in [2.45, 2.75) is 13.8 Å². The summed E-state index contributed by atoms with van der Waals surface area (Å²) in [6, 6.07) is 0. The summed E-state index contributed by atoms with van der Waals surface area (Å²) in [5.41, 5.74) is 0. The topological polar surface area (TPSA) is 0 Å². The first-order chi connectivity index (χ1) is 2.00. The number of halogens is 2. The molecule has 0 aliphatic heterocycles. The van der Waals surface area contributed by atoms with Gasteiger partial charge in [0.05, 0.1) is 0 Å². The molecule has 44 valence electrons. The van der Waals surface area contributed by atoms with Crippen molar-refractivity contribution in [2.24, 2.45) is 0 Å². The Kier molecular flexibility index (Phi) is 1000. The van der Waals surface area contributed by atoms with E-state index < -0.39 is 0 Å². The van der Waals surface area contributed by atoms with Crippen LogP contribution in [-0.2, 0) is 21.7 Å². The molecule has 0 aromatic carbocycles. The summed E-state index contributed by atoms with van der Waals surface area (Å²) in [4.78, 5) is 0. The van der Waals surface area contributed by atoms with E-state index in [9.17, 15) is 0 Å². The van der Waals surface area contributed by atoms with Crippen molar-refractivity contribution < 1.29 is 46.5 Å². The molecule has 0 saturated heterocycles. The molecule has 0 saturated carbocycles. The minimum atomic E-state index is 0. The molecule has 0 aliphatic rings. The van der Waals surface area contributed by atoms with Crippen LogP contribution in [-0.4, -0.2) is 0 Å². The maximum atomic E-state index is 3.25. The first kappa shape index (κ1) is 40.7. The number of hydrogen-bond acceptors (Lipinski definition) is 0. The van der Waals surface area contributed by atoms with Gasteiger partial charge in [-0.15, -0.1) is 0 Å². The van der Waals surface area contributed by atoms with Crippen molar-refractivity contribution in [1.29, 1.82) is 0 Å². The van der Waals surface area contributed by atoms with Crippen molar-refractivity contribution in [3.05, 3.63) is 13.8 Å². The molecule has 0 aromatic heterocycles. The molecule has 0 heterocycles. The zero-order chi connectivity index (χ0) is 4.00. The van der Waals surface area contributed by atoms with Crippen LogP contribution in [0.1, 0.15) is 13.8 Å². The Morgan fingerprint density at radius 2 is 0.714 bits per heavy atom. The van der Waals surface area contributed by atoms with E-state index in [1.54, 1.807) is 13.8 Å². The third-order valence-electron chi connectivity index (χ3n) is 0. The van der Waals surface area contributed by atoms with Crippen LogP contribution < -0.4 is 24.8 Å². The molecule has 3 heteroatoms. The molecule has 0 N–H and O–H groups in total. The third-order valence-corrected chi connectivity index (χ3v) is 0. The Labute approximate surface area is 74.2 Å². The van der Waals surface area contributed by atoms with Crippen molar-refractivity contribution >= 4 is 0 Å². The van der Waals surface area contributed by atoms with Gasteiger partial charge in [0.25, 0.3) is 0 Å². The maximum Gasteiger partial charge on any atom is 4.00 e. The first-order valence-electron chi connectivity index (χ1n) is 1.41. The van der Waals surface area contributed by atoms with Crippen molar-refractivity contribution in [1.82, 2.24) is 0 Å². The van der Waals surface area contributed by atoms with Crippen LogP contribution in [0.25, 0.3) is 0 Å². The molecule has 0 fully saturated rings. The Bertz CT molecular complexity index is 9.65. The standard InChI is InChI=1S/2C2H5.2ClH.Ti/c2*1-2;;;/h2*1H2,2H3;2*1H;/q2*-1;;;+4/p-2. The van der Waals surface area contributed by atoms with Crippen molar-refractivity contribution in [3.63, 3.8) is 0 Å². The predicted molar refractivity (Wildman–Crippen MR) is 22.1 cm³/mol. The van der Waals surface area contributed by atoms with Gasteiger partial charge < -0.3 is 38.7 Å². The van der Waals surface area contributed by atoms with Gasteiger partial charge in [0, 0.05) is 0 Å². The molecule has 0 unspecified atom stereocenters. The Morgan fingerprint density at radius 3 is 0.714 bits per heavy atom. The second-order valence-electron chi connectivity index (χ2n) is 0. The quantitative estimate of drug-likeness (QED) is 0.259. The molecular formula is C4H10Cl2Ti. The summed E-state index contributed by atoms with van der Waals surface area (Å²) in [6.07, 6.45) is 0. The predicted octanol–water partition coefficient (Wildman–Crippen LogP) is -4.31. The Hall–Kier alpha value is 1.29. The second-order valence-corrected chi connectivity index (χ2v) is 0. The minimum absolute atomic E-state index is 0. The fraction of sp³-hybridized carbons (Fsp3) is 0.500. The SMILES string of the molecule is [CH2-]C.[CH2-]C.[Cl-].[Cl-].[Ti+4]. The Morgan fingerprint density at radius 1 is 0.714 bits per heavy atom. The molecule has 0 aliphatic carbocycles. The van der Waals surface area contributed by atoms with E-state index in [1.807, 2.05) is 0 Å². The fourth-order valence-electron chi connectivity index (χ4n) is 0. The van der Waals surface area contributed by atoms with Gasteiger partial charge in [-0.2, -0.15) is 13.8 Å². The number of rotatable bonds is 0. The fourth-order valence-corrected chi connectivity index (χ4v) is 0. The number of hydrogen-bond donors (Lipinski definition) is 0. The van der Waals surface area contributed by atoms with Crippen LogP contribution in [0.3, 0.4) is 0 Å². The van der Waals surface area contributed by atoms with E-state index in [0.717, 1.165) is 0 Å². The van der Waals surface area contributed by atoms with Gasteiger partial charge in [0.2, 0.25) is 0 Å². The van der Waals surface area contributed by atoms with Crippen molar-refractivity contribution in [3.8, 4) is 0 Å². The summed E-state index contributed by atoms with van der Waals surface area (Å²) in [5.74, 6) is 0. The largest absolute Gasteiger partial charge is 4.00 e. The van der Waals surface area contributed by atoms with E-state index in [0.29, 0.717) is 0 Å². The van der Waals surface area contributed by atoms with Crippen LogP contribution in [0, 0.1) is 13.8 Å². The zero-order valence-corrected chi connectivity index (χ0v) is 7.74. The molecule has 0 amide bonds. The van der Waals surface area contributed by atoms with Crippen LogP contribution in [0.4, 0.5) is 0 Å². The molecule has 0 nitrogen and oxygen atoms in total. The van der Waals surface area contributed by atoms with Gasteiger partial charge in [-0.05, 0) is 0 Å². The smallest absolute Gasteiger partial charge is 1.00 e. The summed E-state index contributed by atoms with van der Waals surface area (Å²) >= 11 is 0. The van der Waals surface area contributed by atoms with Crippen LogP contribution in [0.5, 0.6) is 0 Å². The van der Waals surface area contributed by atoms with Crippen LogP contribution in [0.15, 0.2) is 0 Å². The molecule has 0 bridgehead atoms.